The number of carbonyl (C=O) groups is 4. The van der Waals surface area contributed by atoms with Crippen molar-refractivity contribution < 1.29 is 67.9 Å². The van der Waals surface area contributed by atoms with Gasteiger partial charge in [-0.2, -0.15) is 0 Å². The summed E-state index contributed by atoms with van der Waals surface area (Å²) < 4.78 is 0. The quantitative estimate of drug-likeness (QED) is 0.380. The van der Waals surface area contributed by atoms with Crippen LogP contribution in [0.4, 0.5) is 0 Å². The Bertz CT molecular complexity index is 173. The van der Waals surface area contributed by atoms with Gasteiger partial charge in [0.25, 0.3) is 0 Å². The number of carboxylic acids is 4. The van der Waals surface area contributed by atoms with E-state index in [-0.39, 0.29) is 28.3 Å². The molecule has 0 aromatic heterocycles. The van der Waals surface area contributed by atoms with Gasteiger partial charge in [0.05, 0.1) is 23.9 Å². The van der Waals surface area contributed by atoms with Crippen LogP contribution >= 0.6 is 0 Å². The average Bonchev–Trinajstić information content (AvgIpc) is 1.88. The van der Waals surface area contributed by atoms with Crippen LogP contribution in [0.5, 0.6) is 0 Å². The zero-order valence-corrected chi connectivity index (χ0v) is 7.95. The maximum absolute atomic E-state index is 8.93. The summed E-state index contributed by atoms with van der Waals surface area (Å²) in [6.45, 7) is 0. The van der Waals surface area contributed by atoms with Gasteiger partial charge in [0, 0.05) is 0 Å². The molecule has 0 aliphatic rings. The molecule has 10 nitrogen and oxygen atoms in total. The third-order valence-corrected chi connectivity index (χ3v) is 0.333. The molecule has 0 aromatic rings. The van der Waals surface area contributed by atoms with Crippen molar-refractivity contribution in [2.45, 2.75) is 0 Å². The van der Waals surface area contributed by atoms with Crippen LogP contribution in [-0.4, -0.2) is 34.8 Å². The fraction of sp³-hybridized carbons (Fsp3) is 0. The normalized spacial score (nSPS) is 5.87. The van der Waals surface area contributed by atoms with Crippen molar-refractivity contribution in [1.29, 1.82) is 0 Å². The zero-order valence-electron chi connectivity index (χ0n) is 6.67. The third-order valence-electron chi connectivity index (χ3n) is 0.333. The number of carboxylic acid groups (broad SMARTS) is 4. The van der Waals surface area contributed by atoms with Gasteiger partial charge in [-0.3, -0.25) is 0 Å². The van der Waals surface area contributed by atoms with E-state index in [9.17, 15) is 0 Å². The van der Waals surface area contributed by atoms with E-state index in [0.29, 0.717) is 0 Å². The smallest absolute Gasteiger partial charge is 0.543 e. The molecule has 0 unspecified atom stereocenters. The molecular weight excluding hydrogens is 260 g/mol. The molecule has 0 amide bonds. The van der Waals surface area contributed by atoms with Crippen LogP contribution in [0, 0.1) is 0 Å². The number of rotatable bonds is 0. The summed E-state index contributed by atoms with van der Waals surface area (Å²) in [7, 11) is 0. The number of aliphatic carboxylic acids is 4. The minimum atomic E-state index is -2.19. The van der Waals surface area contributed by atoms with Gasteiger partial charge in [-0.25, -0.2) is 0 Å². The summed E-state index contributed by atoms with van der Waals surface area (Å²) in [5.41, 5.74) is 0. The van der Waals surface area contributed by atoms with Crippen LogP contribution in [0.25, 0.3) is 0 Å². The Balaban J connectivity index is -0.0000000370. The van der Waals surface area contributed by atoms with E-state index in [1.807, 2.05) is 0 Å². The fourth-order valence-corrected chi connectivity index (χ4v) is 0. The minimum Gasteiger partial charge on any atom is -0.543 e. The van der Waals surface area contributed by atoms with Gasteiger partial charge < -0.3 is 50.6 Å². The van der Waals surface area contributed by atoms with Gasteiger partial charge in [0.15, 0.2) is 0 Å². The molecule has 0 saturated carbocycles. The topological polar surface area (TPSA) is 224 Å². The number of hydrogen-bond donors (Lipinski definition) is 0. The summed E-state index contributed by atoms with van der Waals surface area (Å²) in [6, 6.07) is 0. The molecular formula is C4H4CrO10-. The van der Waals surface area contributed by atoms with Gasteiger partial charge in [-0.05, 0) is 0 Å². The predicted octanol–water partition coefficient (Wildman–Crippen LogP) is -8.68. The molecule has 0 rings (SSSR count). The largest absolute Gasteiger partial charge is 3.00 e. The van der Waals surface area contributed by atoms with E-state index < -0.39 is 23.9 Å². The maximum Gasteiger partial charge on any atom is 3.00 e. The van der Waals surface area contributed by atoms with Crippen molar-refractivity contribution in [3.8, 4) is 0 Å². The first-order chi connectivity index (χ1) is 5.29. The van der Waals surface area contributed by atoms with Gasteiger partial charge in [-0.1, -0.05) is 0 Å². The van der Waals surface area contributed by atoms with Crippen LogP contribution in [0.1, 0.15) is 0 Å². The van der Waals surface area contributed by atoms with Crippen LogP contribution in [-0.2, 0) is 36.5 Å². The van der Waals surface area contributed by atoms with Crippen LogP contribution in [0.2, 0.25) is 0 Å². The van der Waals surface area contributed by atoms with E-state index in [2.05, 4.69) is 0 Å². The Morgan fingerprint density at radius 1 is 0.533 bits per heavy atom. The summed E-state index contributed by atoms with van der Waals surface area (Å²) in [6.07, 6.45) is 0. The molecule has 4 N–H and O–H groups in total. The molecule has 0 bridgehead atoms. The molecule has 0 saturated heterocycles. The second-order valence-corrected chi connectivity index (χ2v) is 1.15. The van der Waals surface area contributed by atoms with Crippen molar-refractivity contribution >= 4 is 23.9 Å². The van der Waals surface area contributed by atoms with Crippen molar-refractivity contribution in [3.05, 3.63) is 0 Å². The second-order valence-electron chi connectivity index (χ2n) is 1.15. The summed E-state index contributed by atoms with van der Waals surface area (Å²) in [4.78, 5) is 35.7. The van der Waals surface area contributed by atoms with Crippen molar-refractivity contribution in [2.24, 2.45) is 0 Å². The van der Waals surface area contributed by atoms with Crippen molar-refractivity contribution in [3.63, 3.8) is 0 Å². The first kappa shape index (κ1) is 29.2. The van der Waals surface area contributed by atoms with Gasteiger partial charge in [-0.15, -0.1) is 0 Å². The standard InChI is InChI=1S/2C2H2O4.Cr.2H2O/c2*3-1(4)2(5)6;;;/h2*(H,3,4)(H,5,6);;2*1H2/q;;+3;;/p-4. The fourth-order valence-electron chi connectivity index (χ4n) is 0. The minimum absolute atomic E-state index is 0. The predicted molar refractivity (Wildman–Crippen MR) is 27.3 cm³/mol. The van der Waals surface area contributed by atoms with Crippen LogP contribution < -0.4 is 20.4 Å². The molecule has 0 aromatic carbocycles. The monoisotopic (exact) mass is 264 g/mol. The summed E-state index contributed by atoms with van der Waals surface area (Å²) in [5, 5.41) is 35.7. The summed E-state index contributed by atoms with van der Waals surface area (Å²) in [5.74, 6) is -8.74. The Labute approximate surface area is 92.5 Å². The Morgan fingerprint density at radius 2 is 0.600 bits per heavy atom. The molecule has 0 atom stereocenters. The SMILES string of the molecule is O.O.O=C([O-])C(=O)[O-].O=C([O-])C(=O)[O-].[Cr+3]. The number of hydrogen-bond acceptors (Lipinski definition) is 8. The molecule has 0 heterocycles. The maximum atomic E-state index is 8.93. The van der Waals surface area contributed by atoms with E-state index in [0.717, 1.165) is 0 Å². The third kappa shape index (κ3) is 32.8. The molecule has 0 aliphatic heterocycles. The van der Waals surface area contributed by atoms with E-state index in [4.69, 9.17) is 39.6 Å². The molecule has 1 radical (unpaired) electrons. The summed E-state index contributed by atoms with van der Waals surface area (Å²) >= 11 is 0. The average molecular weight is 264 g/mol. The molecule has 0 fully saturated rings. The van der Waals surface area contributed by atoms with E-state index >= 15 is 0 Å². The Kier molecular flexibility index (Phi) is 28.9. The van der Waals surface area contributed by atoms with Gasteiger partial charge >= 0.3 is 17.4 Å². The number of carbonyl (C=O) groups excluding carboxylic acids is 4. The first-order valence-corrected chi connectivity index (χ1v) is 2.13. The van der Waals surface area contributed by atoms with Crippen LogP contribution in [0.15, 0.2) is 0 Å². The van der Waals surface area contributed by atoms with Crippen molar-refractivity contribution in [2.75, 3.05) is 0 Å². The first-order valence-electron chi connectivity index (χ1n) is 2.13. The Morgan fingerprint density at radius 3 is 0.600 bits per heavy atom. The van der Waals surface area contributed by atoms with Crippen molar-refractivity contribution in [1.82, 2.24) is 0 Å². The van der Waals surface area contributed by atoms with E-state index in [1.165, 1.54) is 0 Å². The van der Waals surface area contributed by atoms with Crippen LogP contribution in [0.3, 0.4) is 0 Å². The second kappa shape index (κ2) is 14.8. The van der Waals surface area contributed by atoms with Gasteiger partial charge in [0.1, 0.15) is 0 Å². The molecule has 11 heteroatoms. The van der Waals surface area contributed by atoms with E-state index in [1.54, 1.807) is 0 Å². The molecule has 87 valence electrons. The Hall–Kier alpha value is -1.67. The van der Waals surface area contributed by atoms with Gasteiger partial charge in [0.2, 0.25) is 0 Å². The molecule has 15 heavy (non-hydrogen) atoms. The zero-order chi connectivity index (χ0) is 10.3. The molecule has 0 aliphatic carbocycles. The molecule has 0 spiro atoms.